The summed E-state index contributed by atoms with van der Waals surface area (Å²) in [5, 5.41) is 29.2. The second kappa shape index (κ2) is 6.73. The lowest BCUT2D eigenvalue weighted by Gasteiger charge is -2.28. The van der Waals surface area contributed by atoms with Crippen LogP contribution in [0.5, 0.6) is 17.2 Å². The molecule has 0 atom stereocenters. The monoisotopic (exact) mass is 366 g/mol. The molecule has 0 radical (unpaired) electrons. The minimum absolute atomic E-state index is 0.142. The molecule has 0 saturated heterocycles. The van der Waals surface area contributed by atoms with Crippen molar-refractivity contribution in [1.82, 2.24) is 19.9 Å². The van der Waals surface area contributed by atoms with Crippen LogP contribution in [0.1, 0.15) is 16.8 Å². The first-order valence-corrected chi connectivity index (χ1v) is 8.50. The summed E-state index contributed by atoms with van der Waals surface area (Å²) in [6, 6.07) is 6.46. The quantitative estimate of drug-likeness (QED) is 0.518. The number of pyridine rings is 1. The summed E-state index contributed by atoms with van der Waals surface area (Å²) in [4.78, 5) is 25.9. The Morgan fingerprint density at radius 3 is 2.63 bits per heavy atom. The number of nitrogens with one attached hydrogen (secondary N) is 1. The summed E-state index contributed by atoms with van der Waals surface area (Å²) in [5.74, 6) is -0.736. The normalized spacial score (nSPS) is 14.1. The van der Waals surface area contributed by atoms with Crippen molar-refractivity contribution in [2.45, 2.75) is 19.5 Å². The zero-order valence-electron chi connectivity index (χ0n) is 14.4. The third-order valence-electron chi connectivity index (χ3n) is 4.71. The number of rotatable bonds is 3. The van der Waals surface area contributed by atoms with Crippen LogP contribution in [0.25, 0.3) is 11.4 Å². The van der Waals surface area contributed by atoms with Crippen LogP contribution in [0.15, 0.2) is 41.5 Å². The van der Waals surface area contributed by atoms with Crippen molar-refractivity contribution in [1.29, 1.82) is 0 Å². The molecule has 3 aromatic rings. The molecular weight excluding hydrogens is 348 g/mol. The summed E-state index contributed by atoms with van der Waals surface area (Å²) in [5.41, 5.74) is 2.49. The van der Waals surface area contributed by atoms with Gasteiger partial charge in [-0.2, -0.15) is 0 Å². The van der Waals surface area contributed by atoms with Crippen molar-refractivity contribution in [3.8, 4) is 28.6 Å². The van der Waals surface area contributed by atoms with Crippen LogP contribution in [-0.2, 0) is 19.5 Å². The first-order valence-electron chi connectivity index (χ1n) is 8.50. The van der Waals surface area contributed by atoms with E-state index in [1.165, 1.54) is 6.07 Å². The highest BCUT2D eigenvalue weighted by Crippen LogP contribution is 2.37. The Bertz CT molecular complexity index is 1050. The molecule has 0 aliphatic carbocycles. The van der Waals surface area contributed by atoms with Gasteiger partial charge in [0.2, 0.25) is 5.75 Å². The number of aromatic nitrogens is 3. The van der Waals surface area contributed by atoms with Crippen LogP contribution in [0, 0.1) is 0 Å². The van der Waals surface area contributed by atoms with Gasteiger partial charge in [-0.15, -0.1) is 0 Å². The van der Waals surface area contributed by atoms with Gasteiger partial charge < -0.3 is 20.3 Å². The van der Waals surface area contributed by atoms with Gasteiger partial charge in [0.25, 0.3) is 5.56 Å². The van der Waals surface area contributed by atoms with Crippen LogP contribution < -0.4 is 5.56 Å². The molecule has 0 fully saturated rings. The van der Waals surface area contributed by atoms with Crippen LogP contribution in [0.4, 0.5) is 0 Å². The minimum atomic E-state index is -0.528. The summed E-state index contributed by atoms with van der Waals surface area (Å²) < 4.78 is 0. The maximum Gasteiger partial charge on any atom is 0.254 e. The molecule has 8 nitrogen and oxygen atoms in total. The summed E-state index contributed by atoms with van der Waals surface area (Å²) >= 11 is 0. The van der Waals surface area contributed by atoms with Crippen molar-refractivity contribution >= 4 is 0 Å². The van der Waals surface area contributed by atoms with Crippen LogP contribution in [0.2, 0.25) is 0 Å². The third kappa shape index (κ3) is 3.22. The van der Waals surface area contributed by atoms with Crippen molar-refractivity contribution in [2.75, 3.05) is 6.54 Å². The average molecular weight is 366 g/mol. The van der Waals surface area contributed by atoms with E-state index < -0.39 is 5.75 Å². The summed E-state index contributed by atoms with van der Waals surface area (Å²) in [6.07, 6.45) is 3.82. The molecule has 0 amide bonds. The molecule has 0 saturated carbocycles. The van der Waals surface area contributed by atoms with Crippen molar-refractivity contribution in [3.63, 3.8) is 0 Å². The second-order valence-electron chi connectivity index (χ2n) is 6.48. The fourth-order valence-corrected chi connectivity index (χ4v) is 3.25. The lowest BCUT2D eigenvalue weighted by molar-refractivity contribution is 0.236. The summed E-state index contributed by atoms with van der Waals surface area (Å²) in [6.45, 7) is 1.42. The molecular formula is C19H18N4O4. The predicted octanol–water partition coefficient (Wildman–Crippen LogP) is 1.51. The van der Waals surface area contributed by atoms with Gasteiger partial charge in [0.15, 0.2) is 11.5 Å². The molecule has 3 heterocycles. The molecule has 0 unspecified atom stereocenters. The van der Waals surface area contributed by atoms with E-state index in [1.807, 2.05) is 4.90 Å². The standard InChI is InChI=1S/C19H18N4O4/c24-15-2-1-12(16(25)17(15)26)9-23-8-5-13-14(10-23)21-18(22-19(13)27)11-3-6-20-7-4-11/h1-4,6-7,24-26H,5,8-10H2,(H,21,22,27). The first-order chi connectivity index (χ1) is 13.0. The van der Waals surface area contributed by atoms with Crippen molar-refractivity contribution in [2.24, 2.45) is 0 Å². The molecule has 8 heteroatoms. The van der Waals surface area contributed by atoms with E-state index in [2.05, 4.69) is 15.0 Å². The molecule has 0 bridgehead atoms. The van der Waals surface area contributed by atoms with Gasteiger partial charge in [-0.1, -0.05) is 6.07 Å². The number of hydrogen-bond donors (Lipinski definition) is 4. The minimum Gasteiger partial charge on any atom is -0.504 e. The van der Waals surface area contributed by atoms with Crippen LogP contribution >= 0.6 is 0 Å². The molecule has 138 valence electrons. The van der Waals surface area contributed by atoms with E-state index in [0.717, 1.165) is 5.56 Å². The zero-order valence-corrected chi connectivity index (χ0v) is 14.4. The molecule has 0 spiro atoms. The van der Waals surface area contributed by atoms with E-state index in [1.54, 1.807) is 30.6 Å². The number of phenols is 3. The number of hydrogen-bond acceptors (Lipinski definition) is 7. The fourth-order valence-electron chi connectivity index (χ4n) is 3.25. The Morgan fingerprint density at radius 1 is 1.07 bits per heavy atom. The maximum atomic E-state index is 12.4. The highest BCUT2D eigenvalue weighted by Gasteiger charge is 2.23. The van der Waals surface area contributed by atoms with E-state index in [-0.39, 0.29) is 17.1 Å². The number of H-pyrrole nitrogens is 1. The van der Waals surface area contributed by atoms with Crippen molar-refractivity contribution < 1.29 is 15.3 Å². The average Bonchev–Trinajstić information content (AvgIpc) is 2.69. The van der Waals surface area contributed by atoms with Gasteiger partial charge in [0.05, 0.1) is 5.69 Å². The molecule has 27 heavy (non-hydrogen) atoms. The molecule has 4 rings (SSSR count). The molecule has 2 aromatic heterocycles. The number of phenolic OH excluding ortho intramolecular Hbond substituents is 3. The van der Waals surface area contributed by atoms with Crippen molar-refractivity contribution in [3.05, 3.63) is 63.8 Å². The van der Waals surface area contributed by atoms with Gasteiger partial charge in [-0.25, -0.2) is 4.98 Å². The summed E-state index contributed by atoms with van der Waals surface area (Å²) in [7, 11) is 0. The Kier molecular flexibility index (Phi) is 4.25. The van der Waals surface area contributed by atoms with Crippen LogP contribution in [-0.4, -0.2) is 41.7 Å². The number of benzene rings is 1. The van der Waals surface area contributed by atoms with E-state index >= 15 is 0 Å². The third-order valence-corrected chi connectivity index (χ3v) is 4.71. The lowest BCUT2D eigenvalue weighted by atomic mass is 10.0. The number of aromatic hydroxyl groups is 3. The molecule has 4 N–H and O–H groups in total. The maximum absolute atomic E-state index is 12.4. The topological polar surface area (TPSA) is 123 Å². The molecule has 1 aliphatic heterocycles. The SMILES string of the molecule is O=c1[nH]c(-c2ccncc2)nc2c1CCN(Cc1ccc(O)c(O)c1O)C2. The van der Waals surface area contributed by atoms with Gasteiger partial charge >= 0.3 is 0 Å². The molecule has 1 aliphatic rings. The smallest absolute Gasteiger partial charge is 0.254 e. The van der Waals surface area contributed by atoms with Crippen LogP contribution in [0.3, 0.4) is 0 Å². The highest BCUT2D eigenvalue weighted by atomic mass is 16.3. The van der Waals surface area contributed by atoms with E-state index in [0.29, 0.717) is 48.7 Å². The first kappa shape index (κ1) is 17.0. The zero-order chi connectivity index (χ0) is 19.0. The van der Waals surface area contributed by atoms with Gasteiger partial charge in [-0.3, -0.25) is 14.7 Å². The lowest BCUT2D eigenvalue weighted by Crippen LogP contribution is -2.35. The Labute approximate surface area is 154 Å². The van der Waals surface area contributed by atoms with E-state index in [4.69, 9.17) is 0 Å². The number of aromatic amines is 1. The van der Waals surface area contributed by atoms with Gasteiger partial charge in [-0.05, 0) is 24.6 Å². The van der Waals surface area contributed by atoms with Gasteiger partial charge in [0.1, 0.15) is 5.82 Å². The molecule has 1 aromatic carbocycles. The predicted molar refractivity (Wildman–Crippen MR) is 97.3 cm³/mol. The second-order valence-corrected chi connectivity index (χ2v) is 6.48. The number of nitrogens with zero attached hydrogens (tertiary/aromatic N) is 3. The Balaban J connectivity index is 1.62. The highest BCUT2D eigenvalue weighted by molar-refractivity contribution is 5.54. The Hall–Kier alpha value is -3.39. The van der Waals surface area contributed by atoms with E-state index in [9.17, 15) is 20.1 Å². The Morgan fingerprint density at radius 2 is 1.85 bits per heavy atom. The largest absolute Gasteiger partial charge is 0.504 e. The van der Waals surface area contributed by atoms with Gasteiger partial charge in [0, 0.05) is 48.7 Å². The number of fused-ring (bicyclic) bond motifs is 1. The fraction of sp³-hybridized carbons (Fsp3) is 0.211.